The van der Waals surface area contributed by atoms with E-state index < -0.39 is 10.0 Å². The van der Waals surface area contributed by atoms with Crippen LogP contribution < -0.4 is 5.73 Å². The van der Waals surface area contributed by atoms with E-state index in [2.05, 4.69) is 0 Å². The van der Waals surface area contributed by atoms with Crippen LogP contribution in [0.4, 0.5) is 0 Å². The Morgan fingerprint density at radius 1 is 1.45 bits per heavy atom. The van der Waals surface area contributed by atoms with E-state index in [9.17, 15) is 8.42 Å². The van der Waals surface area contributed by atoms with E-state index in [0.717, 1.165) is 18.4 Å². The van der Waals surface area contributed by atoms with Gasteiger partial charge in [-0.15, -0.1) is 0 Å². The predicted molar refractivity (Wildman–Crippen MR) is 81.3 cm³/mol. The molecule has 0 aromatic heterocycles. The molecule has 20 heavy (non-hydrogen) atoms. The van der Waals surface area contributed by atoms with Crippen molar-refractivity contribution >= 4 is 21.6 Å². The summed E-state index contributed by atoms with van der Waals surface area (Å²) in [4.78, 5) is 0.262. The zero-order valence-electron chi connectivity index (χ0n) is 11.8. The first-order valence-electron chi connectivity index (χ1n) is 6.84. The maximum atomic E-state index is 12.6. The van der Waals surface area contributed by atoms with Crippen LogP contribution in [0, 0.1) is 12.8 Å². The van der Waals surface area contributed by atoms with Gasteiger partial charge in [0.25, 0.3) is 0 Å². The van der Waals surface area contributed by atoms with Crippen molar-refractivity contribution in [3.8, 4) is 0 Å². The Bertz CT molecular complexity index is 587. The van der Waals surface area contributed by atoms with Crippen molar-refractivity contribution < 1.29 is 8.42 Å². The van der Waals surface area contributed by atoms with E-state index >= 15 is 0 Å². The van der Waals surface area contributed by atoms with Crippen LogP contribution >= 0.6 is 11.6 Å². The number of hydrogen-bond donors (Lipinski definition) is 1. The highest BCUT2D eigenvalue weighted by atomic mass is 35.5. The van der Waals surface area contributed by atoms with Crippen LogP contribution in [0.25, 0.3) is 0 Å². The molecule has 1 aliphatic heterocycles. The third-order valence-corrected chi connectivity index (χ3v) is 6.21. The maximum absolute atomic E-state index is 12.6. The fourth-order valence-corrected chi connectivity index (χ4v) is 4.31. The van der Waals surface area contributed by atoms with Crippen LogP contribution in [-0.2, 0) is 10.0 Å². The molecule has 0 radical (unpaired) electrons. The van der Waals surface area contributed by atoms with Crippen molar-refractivity contribution in [3.05, 3.63) is 28.8 Å². The van der Waals surface area contributed by atoms with Gasteiger partial charge in [0.15, 0.2) is 0 Å². The third kappa shape index (κ3) is 3.17. The molecule has 1 saturated heterocycles. The molecule has 4 nitrogen and oxygen atoms in total. The Morgan fingerprint density at radius 2 is 2.15 bits per heavy atom. The van der Waals surface area contributed by atoms with Crippen LogP contribution in [0.5, 0.6) is 0 Å². The number of nitrogens with two attached hydrogens (primary N) is 1. The van der Waals surface area contributed by atoms with Gasteiger partial charge < -0.3 is 5.73 Å². The number of aryl methyl sites for hydroxylation is 1. The molecule has 0 unspecified atom stereocenters. The number of hydrogen-bond acceptors (Lipinski definition) is 3. The summed E-state index contributed by atoms with van der Waals surface area (Å²) in [7, 11) is -3.47. The second-order valence-corrected chi connectivity index (χ2v) is 7.88. The SMILES string of the molecule is Cc1ccc(S(=O)(=O)N2CCC[C@@H]([C@@H](C)N)C2)cc1Cl. The largest absolute Gasteiger partial charge is 0.328 e. The monoisotopic (exact) mass is 316 g/mol. The lowest BCUT2D eigenvalue weighted by atomic mass is 9.93. The zero-order valence-corrected chi connectivity index (χ0v) is 13.4. The number of halogens is 1. The van der Waals surface area contributed by atoms with E-state index in [1.807, 2.05) is 13.8 Å². The molecule has 2 atom stereocenters. The molecular formula is C14H21ClN2O2S. The molecule has 0 aliphatic carbocycles. The molecule has 0 bridgehead atoms. The van der Waals surface area contributed by atoms with Crippen LogP contribution in [0.2, 0.25) is 5.02 Å². The van der Waals surface area contributed by atoms with E-state index in [1.165, 1.54) is 10.4 Å². The lowest BCUT2D eigenvalue weighted by molar-refractivity contribution is 0.243. The number of sulfonamides is 1. The number of nitrogens with zero attached hydrogens (tertiary/aromatic N) is 1. The minimum atomic E-state index is -3.47. The Morgan fingerprint density at radius 3 is 2.75 bits per heavy atom. The molecule has 1 heterocycles. The molecular weight excluding hydrogens is 296 g/mol. The maximum Gasteiger partial charge on any atom is 0.243 e. The van der Waals surface area contributed by atoms with E-state index in [0.29, 0.717) is 18.1 Å². The molecule has 112 valence electrons. The fraction of sp³-hybridized carbons (Fsp3) is 0.571. The summed E-state index contributed by atoms with van der Waals surface area (Å²) in [6, 6.07) is 4.89. The summed E-state index contributed by atoms with van der Waals surface area (Å²) < 4.78 is 26.8. The minimum absolute atomic E-state index is 0.00889. The van der Waals surface area contributed by atoms with Crippen molar-refractivity contribution in [2.45, 2.75) is 37.6 Å². The second kappa shape index (κ2) is 6.02. The van der Waals surface area contributed by atoms with E-state index in [-0.39, 0.29) is 16.9 Å². The van der Waals surface area contributed by atoms with Crippen molar-refractivity contribution in [2.24, 2.45) is 11.7 Å². The first-order valence-corrected chi connectivity index (χ1v) is 8.66. The van der Waals surface area contributed by atoms with Crippen LogP contribution in [-0.4, -0.2) is 31.9 Å². The summed E-state index contributed by atoms with van der Waals surface area (Å²) in [5, 5.41) is 0.479. The average Bonchev–Trinajstić information content (AvgIpc) is 2.42. The highest BCUT2D eigenvalue weighted by molar-refractivity contribution is 7.89. The van der Waals surface area contributed by atoms with E-state index in [4.69, 9.17) is 17.3 Å². The van der Waals surface area contributed by atoms with Gasteiger partial charge in [-0.25, -0.2) is 8.42 Å². The first-order chi connectivity index (χ1) is 9.32. The molecule has 1 aromatic carbocycles. The highest BCUT2D eigenvalue weighted by Gasteiger charge is 2.31. The Hall–Kier alpha value is -0.620. The molecule has 6 heteroatoms. The number of rotatable bonds is 3. The zero-order chi connectivity index (χ0) is 14.9. The van der Waals surface area contributed by atoms with Crippen molar-refractivity contribution in [1.29, 1.82) is 0 Å². The van der Waals surface area contributed by atoms with Gasteiger partial charge in [-0.3, -0.25) is 0 Å². The van der Waals surface area contributed by atoms with Gasteiger partial charge in [-0.2, -0.15) is 4.31 Å². The molecule has 1 fully saturated rings. The summed E-state index contributed by atoms with van der Waals surface area (Å²) in [6.45, 7) is 4.83. The molecule has 0 spiro atoms. The quantitative estimate of drug-likeness (QED) is 0.931. The summed E-state index contributed by atoms with van der Waals surface area (Å²) in [5.41, 5.74) is 6.79. The lowest BCUT2D eigenvalue weighted by Gasteiger charge is -2.33. The van der Waals surface area contributed by atoms with Crippen molar-refractivity contribution in [1.82, 2.24) is 4.31 Å². The number of piperidine rings is 1. The van der Waals surface area contributed by atoms with Crippen LogP contribution in [0.1, 0.15) is 25.3 Å². The van der Waals surface area contributed by atoms with Gasteiger partial charge in [-0.1, -0.05) is 17.7 Å². The smallest absolute Gasteiger partial charge is 0.243 e. The Labute approximate surface area is 126 Å². The summed E-state index contributed by atoms with van der Waals surface area (Å²) in [5.74, 6) is 0.222. The van der Waals surface area contributed by atoms with Crippen LogP contribution in [0.15, 0.2) is 23.1 Å². The molecule has 1 aliphatic rings. The number of benzene rings is 1. The Kier molecular flexibility index (Phi) is 4.74. The summed E-state index contributed by atoms with van der Waals surface area (Å²) in [6.07, 6.45) is 1.84. The topological polar surface area (TPSA) is 63.4 Å². The third-order valence-electron chi connectivity index (χ3n) is 3.95. The Balaban J connectivity index is 2.27. The predicted octanol–water partition coefficient (Wildman–Crippen LogP) is 2.40. The first kappa shape index (κ1) is 15.8. The summed E-state index contributed by atoms with van der Waals surface area (Å²) >= 11 is 6.03. The molecule has 2 N–H and O–H groups in total. The fourth-order valence-electron chi connectivity index (χ4n) is 2.50. The van der Waals surface area contributed by atoms with Gasteiger partial charge >= 0.3 is 0 Å². The molecule has 1 aromatic rings. The molecule has 0 amide bonds. The van der Waals surface area contributed by atoms with Gasteiger partial charge in [-0.05, 0) is 50.3 Å². The van der Waals surface area contributed by atoms with Gasteiger partial charge in [0, 0.05) is 24.2 Å². The van der Waals surface area contributed by atoms with Crippen LogP contribution in [0.3, 0.4) is 0 Å². The van der Waals surface area contributed by atoms with Gasteiger partial charge in [0.05, 0.1) is 4.90 Å². The normalized spacial score (nSPS) is 22.7. The van der Waals surface area contributed by atoms with Gasteiger partial charge in [0.2, 0.25) is 10.0 Å². The molecule has 0 saturated carbocycles. The highest BCUT2D eigenvalue weighted by Crippen LogP contribution is 2.27. The van der Waals surface area contributed by atoms with Crippen molar-refractivity contribution in [3.63, 3.8) is 0 Å². The second-order valence-electron chi connectivity index (χ2n) is 5.54. The standard InChI is InChI=1S/C14H21ClN2O2S/c1-10-5-6-13(8-14(10)15)20(18,19)17-7-3-4-12(9-17)11(2)16/h5-6,8,11-12H,3-4,7,9,16H2,1-2H3/t11-,12-/m1/s1. The van der Waals surface area contributed by atoms with Gasteiger partial charge in [0.1, 0.15) is 0 Å². The lowest BCUT2D eigenvalue weighted by Crippen LogP contribution is -2.44. The average molecular weight is 317 g/mol. The molecule has 2 rings (SSSR count). The minimum Gasteiger partial charge on any atom is -0.328 e. The van der Waals surface area contributed by atoms with E-state index in [1.54, 1.807) is 12.1 Å². The van der Waals surface area contributed by atoms with Crippen molar-refractivity contribution in [2.75, 3.05) is 13.1 Å².